The van der Waals surface area contributed by atoms with Crippen molar-refractivity contribution in [1.82, 2.24) is 10.3 Å². The van der Waals surface area contributed by atoms with Crippen LogP contribution in [0.2, 0.25) is 0 Å². The molecule has 0 unspecified atom stereocenters. The molecule has 1 aromatic rings. The molecule has 0 spiro atoms. The maximum atomic E-state index is 12.1. The first kappa shape index (κ1) is 15.0. The molecule has 1 aliphatic carbocycles. The minimum atomic E-state index is -0.824. The topological polar surface area (TPSA) is 79.3 Å². The summed E-state index contributed by atoms with van der Waals surface area (Å²) in [6.07, 6.45) is 5.63. The molecule has 0 saturated heterocycles. The third-order valence-corrected chi connectivity index (χ3v) is 4.47. The molecular formula is C14H17BrN2O3. The number of carbonyl (C=O) groups is 2. The first-order valence-corrected chi connectivity index (χ1v) is 7.47. The van der Waals surface area contributed by atoms with Crippen LogP contribution in [0.25, 0.3) is 0 Å². The molecule has 2 N–H and O–H groups in total. The van der Waals surface area contributed by atoms with Crippen LogP contribution in [0.3, 0.4) is 0 Å². The number of halogens is 1. The molecule has 108 valence electrons. The van der Waals surface area contributed by atoms with Crippen LogP contribution in [0.5, 0.6) is 0 Å². The van der Waals surface area contributed by atoms with E-state index in [-0.39, 0.29) is 18.1 Å². The largest absolute Gasteiger partial charge is 0.481 e. The fraction of sp³-hybridized carbons (Fsp3) is 0.500. The Kier molecular flexibility index (Phi) is 4.75. The Morgan fingerprint density at radius 1 is 1.35 bits per heavy atom. The van der Waals surface area contributed by atoms with Crippen molar-refractivity contribution in [3.8, 4) is 0 Å². The Morgan fingerprint density at radius 2 is 2.05 bits per heavy atom. The number of nitrogens with zero attached hydrogens (tertiary/aromatic N) is 1. The molecule has 5 nitrogen and oxygen atoms in total. The lowest BCUT2D eigenvalue weighted by Gasteiger charge is -2.33. The van der Waals surface area contributed by atoms with Crippen LogP contribution in [0.15, 0.2) is 22.8 Å². The number of hydrogen-bond acceptors (Lipinski definition) is 3. The van der Waals surface area contributed by atoms with Gasteiger partial charge in [-0.05, 0) is 40.9 Å². The highest BCUT2D eigenvalue weighted by Crippen LogP contribution is 2.36. The fourth-order valence-electron chi connectivity index (χ4n) is 2.58. The van der Waals surface area contributed by atoms with Crippen molar-refractivity contribution in [2.45, 2.75) is 32.1 Å². The average molecular weight is 341 g/mol. The predicted octanol–water partition coefficient (Wildman–Crippen LogP) is 2.61. The second-order valence-electron chi connectivity index (χ2n) is 5.16. The Hall–Kier alpha value is -1.43. The van der Waals surface area contributed by atoms with E-state index >= 15 is 0 Å². The summed E-state index contributed by atoms with van der Waals surface area (Å²) in [6, 6.07) is 3.45. The maximum Gasteiger partial charge on any atom is 0.311 e. The van der Waals surface area contributed by atoms with E-state index in [1.165, 1.54) is 6.20 Å². The highest BCUT2D eigenvalue weighted by Gasteiger charge is 2.39. The molecule has 1 aromatic heterocycles. The molecule has 1 amide bonds. The van der Waals surface area contributed by atoms with E-state index in [1.807, 2.05) is 0 Å². The summed E-state index contributed by atoms with van der Waals surface area (Å²) in [5.74, 6) is -1.17. The van der Waals surface area contributed by atoms with Gasteiger partial charge in [-0.25, -0.2) is 4.98 Å². The molecule has 0 bridgehead atoms. The highest BCUT2D eigenvalue weighted by atomic mass is 79.9. The van der Waals surface area contributed by atoms with Gasteiger partial charge in [0.25, 0.3) is 5.91 Å². The number of pyridine rings is 1. The van der Waals surface area contributed by atoms with Gasteiger partial charge in [0.15, 0.2) is 0 Å². The molecule has 1 fully saturated rings. The van der Waals surface area contributed by atoms with Crippen molar-refractivity contribution < 1.29 is 14.7 Å². The Morgan fingerprint density at radius 3 is 2.65 bits per heavy atom. The van der Waals surface area contributed by atoms with E-state index < -0.39 is 11.4 Å². The monoisotopic (exact) mass is 340 g/mol. The minimum absolute atomic E-state index is 0.157. The van der Waals surface area contributed by atoms with Crippen LogP contribution < -0.4 is 5.32 Å². The molecule has 1 heterocycles. The van der Waals surface area contributed by atoms with Gasteiger partial charge in [0.05, 0.1) is 5.41 Å². The maximum absolute atomic E-state index is 12.1. The molecule has 0 aromatic carbocycles. The Labute approximate surface area is 125 Å². The van der Waals surface area contributed by atoms with Crippen LogP contribution in [-0.2, 0) is 4.79 Å². The van der Waals surface area contributed by atoms with Crippen molar-refractivity contribution in [2.24, 2.45) is 5.41 Å². The van der Waals surface area contributed by atoms with Gasteiger partial charge in [0.1, 0.15) is 5.69 Å². The van der Waals surface area contributed by atoms with E-state index in [2.05, 4.69) is 26.2 Å². The van der Waals surface area contributed by atoms with Crippen LogP contribution in [-0.4, -0.2) is 28.5 Å². The highest BCUT2D eigenvalue weighted by molar-refractivity contribution is 9.10. The summed E-state index contributed by atoms with van der Waals surface area (Å²) >= 11 is 3.27. The number of carboxylic acid groups (broad SMARTS) is 1. The van der Waals surface area contributed by atoms with Gasteiger partial charge in [0.2, 0.25) is 0 Å². The second-order valence-corrected chi connectivity index (χ2v) is 6.02. The van der Waals surface area contributed by atoms with Crippen molar-refractivity contribution in [3.05, 3.63) is 28.5 Å². The van der Waals surface area contributed by atoms with Crippen LogP contribution in [0, 0.1) is 5.41 Å². The van der Waals surface area contributed by atoms with E-state index in [4.69, 9.17) is 0 Å². The molecule has 6 heteroatoms. The summed E-state index contributed by atoms with van der Waals surface area (Å²) in [5, 5.41) is 12.2. The second kappa shape index (κ2) is 6.35. The quantitative estimate of drug-likeness (QED) is 0.882. The normalized spacial score (nSPS) is 17.4. The summed E-state index contributed by atoms with van der Waals surface area (Å²) in [5.41, 5.74) is -0.543. The molecule has 1 saturated carbocycles. The molecule has 2 rings (SSSR count). The van der Waals surface area contributed by atoms with Crippen molar-refractivity contribution in [2.75, 3.05) is 6.54 Å². The first-order valence-electron chi connectivity index (χ1n) is 6.67. The smallest absolute Gasteiger partial charge is 0.311 e. The van der Waals surface area contributed by atoms with Gasteiger partial charge in [-0.1, -0.05) is 19.3 Å². The molecule has 20 heavy (non-hydrogen) atoms. The summed E-state index contributed by atoms with van der Waals surface area (Å²) in [6.45, 7) is 0.157. The van der Waals surface area contributed by atoms with Gasteiger partial charge in [-0.2, -0.15) is 0 Å². The lowest BCUT2D eigenvalue weighted by atomic mass is 9.74. The van der Waals surface area contributed by atoms with Gasteiger partial charge in [-0.3, -0.25) is 9.59 Å². The molecule has 0 radical (unpaired) electrons. The zero-order chi connectivity index (χ0) is 14.6. The van der Waals surface area contributed by atoms with Crippen molar-refractivity contribution in [3.63, 3.8) is 0 Å². The summed E-state index contributed by atoms with van der Waals surface area (Å²) in [7, 11) is 0. The van der Waals surface area contributed by atoms with E-state index in [9.17, 15) is 14.7 Å². The summed E-state index contributed by atoms with van der Waals surface area (Å²) in [4.78, 5) is 27.6. The number of carbonyl (C=O) groups excluding carboxylic acids is 1. The molecule has 0 atom stereocenters. The zero-order valence-electron chi connectivity index (χ0n) is 11.1. The number of aliphatic carboxylic acids is 1. The third-order valence-electron chi connectivity index (χ3n) is 3.83. The fourth-order valence-corrected chi connectivity index (χ4v) is 3.02. The van der Waals surface area contributed by atoms with Gasteiger partial charge in [0, 0.05) is 17.2 Å². The summed E-state index contributed by atoms with van der Waals surface area (Å²) < 4.78 is 0.602. The lowest BCUT2D eigenvalue weighted by Crippen LogP contribution is -2.44. The Balaban J connectivity index is 2.05. The third kappa shape index (κ3) is 3.17. The minimum Gasteiger partial charge on any atom is -0.481 e. The van der Waals surface area contributed by atoms with Gasteiger partial charge in [-0.15, -0.1) is 0 Å². The van der Waals surface area contributed by atoms with Crippen molar-refractivity contribution >= 4 is 27.8 Å². The van der Waals surface area contributed by atoms with E-state index in [0.717, 1.165) is 19.3 Å². The Bertz CT molecular complexity index is 513. The number of carboxylic acids is 1. The standard InChI is InChI=1S/C14H17BrN2O3/c15-10-5-4-8-16-11(10)12(18)17-9-14(13(19)20)6-2-1-3-7-14/h4-5,8H,1-3,6-7,9H2,(H,17,18)(H,19,20). The predicted molar refractivity (Wildman–Crippen MR) is 77.4 cm³/mol. The SMILES string of the molecule is O=C(NCC1(C(=O)O)CCCCC1)c1ncccc1Br. The zero-order valence-corrected chi connectivity index (χ0v) is 12.6. The van der Waals surface area contributed by atoms with Crippen LogP contribution in [0.1, 0.15) is 42.6 Å². The average Bonchev–Trinajstić information content (AvgIpc) is 2.46. The van der Waals surface area contributed by atoms with Crippen LogP contribution in [0.4, 0.5) is 0 Å². The van der Waals surface area contributed by atoms with E-state index in [1.54, 1.807) is 12.1 Å². The van der Waals surface area contributed by atoms with Crippen molar-refractivity contribution in [1.29, 1.82) is 0 Å². The molecular weight excluding hydrogens is 324 g/mol. The first-order chi connectivity index (χ1) is 9.55. The molecule has 1 aliphatic rings. The van der Waals surface area contributed by atoms with Crippen LogP contribution >= 0.6 is 15.9 Å². The lowest BCUT2D eigenvalue weighted by molar-refractivity contribution is -0.150. The molecule has 0 aliphatic heterocycles. The number of rotatable bonds is 4. The number of amides is 1. The van der Waals surface area contributed by atoms with Gasteiger partial charge < -0.3 is 10.4 Å². The van der Waals surface area contributed by atoms with E-state index in [0.29, 0.717) is 17.3 Å². The number of hydrogen-bond donors (Lipinski definition) is 2. The number of aromatic nitrogens is 1. The van der Waals surface area contributed by atoms with Gasteiger partial charge >= 0.3 is 5.97 Å². The number of nitrogens with one attached hydrogen (secondary N) is 1.